The molecule has 0 aliphatic carbocycles. The molecule has 1 unspecified atom stereocenters. The Hall–Kier alpha value is -3.35. The zero-order chi connectivity index (χ0) is 20.2. The van der Waals surface area contributed by atoms with Crippen molar-refractivity contribution in [1.29, 1.82) is 0 Å². The highest BCUT2D eigenvalue weighted by Crippen LogP contribution is 2.27. The Morgan fingerprint density at radius 3 is 2.69 bits per heavy atom. The highest BCUT2D eigenvalue weighted by Gasteiger charge is 2.26. The van der Waals surface area contributed by atoms with Crippen LogP contribution in [0.2, 0.25) is 0 Å². The van der Waals surface area contributed by atoms with E-state index in [0.29, 0.717) is 30.3 Å². The van der Waals surface area contributed by atoms with Crippen LogP contribution in [0, 0.1) is 11.6 Å². The molecule has 7 heteroatoms. The van der Waals surface area contributed by atoms with Crippen LogP contribution in [0.4, 0.5) is 20.4 Å². The maximum atomic E-state index is 13.5. The topological polar surface area (TPSA) is 58.1 Å². The van der Waals surface area contributed by atoms with Gasteiger partial charge in [0.15, 0.2) is 0 Å². The summed E-state index contributed by atoms with van der Waals surface area (Å²) in [7, 11) is 0. The lowest BCUT2D eigenvalue weighted by Gasteiger charge is -2.32. The van der Waals surface area contributed by atoms with E-state index in [1.807, 2.05) is 6.07 Å². The van der Waals surface area contributed by atoms with E-state index >= 15 is 0 Å². The molecule has 1 amide bonds. The number of halogens is 2. The molecule has 29 heavy (non-hydrogen) atoms. The van der Waals surface area contributed by atoms with E-state index in [0.717, 1.165) is 18.5 Å². The van der Waals surface area contributed by atoms with Gasteiger partial charge in [-0.3, -0.25) is 4.79 Å². The standard InChI is InChI=1S/C22H20F2N4O/c23-17-6-8-19(9-7-17)26-22-25-11-10-20(27-22)16-4-2-12-28(14-16)21(29)15-3-1-5-18(24)13-15/h1,3,5-11,13,16H,2,4,12,14H2,(H,25,26,27). The van der Waals surface area contributed by atoms with Gasteiger partial charge in [-0.05, 0) is 61.4 Å². The Bertz CT molecular complexity index is 1010. The Balaban J connectivity index is 1.48. The molecule has 1 saturated heterocycles. The maximum Gasteiger partial charge on any atom is 0.253 e. The summed E-state index contributed by atoms with van der Waals surface area (Å²) < 4.78 is 26.5. The summed E-state index contributed by atoms with van der Waals surface area (Å²) in [6.07, 6.45) is 3.41. The normalized spacial score (nSPS) is 16.5. The summed E-state index contributed by atoms with van der Waals surface area (Å²) in [5.74, 6) is -0.416. The minimum atomic E-state index is -0.420. The minimum Gasteiger partial charge on any atom is -0.338 e. The number of rotatable bonds is 4. The molecule has 1 N–H and O–H groups in total. The minimum absolute atomic E-state index is 0.0676. The second kappa shape index (κ2) is 8.34. The number of piperidine rings is 1. The van der Waals surface area contributed by atoms with Gasteiger partial charge in [0.2, 0.25) is 5.95 Å². The lowest BCUT2D eigenvalue weighted by Crippen LogP contribution is -2.39. The lowest BCUT2D eigenvalue weighted by atomic mass is 9.94. The molecule has 2 aromatic carbocycles. The van der Waals surface area contributed by atoms with Gasteiger partial charge < -0.3 is 10.2 Å². The first-order valence-corrected chi connectivity index (χ1v) is 9.49. The molecule has 1 atom stereocenters. The van der Waals surface area contributed by atoms with Crippen molar-refractivity contribution in [3.8, 4) is 0 Å². The zero-order valence-corrected chi connectivity index (χ0v) is 15.7. The molecule has 4 rings (SSSR count). The van der Waals surface area contributed by atoms with Crippen LogP contribution >= 0.6 is 0 Å². The number of carbonyl (C=O) groups excluding carboxylic acids is 1. The third-order valence-corrected chi connectivity index (χ3v) is 4.98. The summed E-state index contributed by atoms with van der Waals surface area (Å²) in [6.45, 7) is 1.15. The lowest BCUT2D eigenvalue weighted by molar-refractivity contribution is 0.0705. The SMILES string of the molecule is O=C(c1cccc(F)c1)N1CCCC(c2ccnc(Nc3ccc(F)cc3)n2)C1. The van der Waals surface area contributed by atoms with Gasteiger partial charge in [0.25, 0.3) is 5.91 Å². The molecule has 0 bridgehead atoms. The summed E-state index contributed by atoms with van der Waals surface area (Å²) in [5.41, 5.74) is 1.88. The van der Waals surface area contributed by atoms with Crippen LogP contribution in [0.25, 0.3) is 0 Å². The van der Waals surface area contributed by atoms with Crippen molar-refractivity contribution in [2.45, 2.75) is 18.8 Å². The monoisotopic (exact) mass is 394 g/mol. The predicted molar refractivity (Wildman–Crippen MR) is 106 cm³/mol. The van der Waals surface area contributed by atoms with Crippen LogP contribution in [0.15, 0.2) is 60.8 Å². The van der Waals surface area contributed by atoms with E-state index in [1.54, 1.807) is 35.4 Å². The van der Waals surface area contributed by atoms with E-state index in [9.17, 15) is 13.6 Å². The molecule has 1 fully saturated rings. The van der Waals surface area contributed by atoms with Crippen molar-refractivity contribution in [3.05, 3.63) is 83.7 Å². The number of likely N-dealkylation sites (tertiary alicyclic amines) is 1. The van der Waals surface area contributed by atoms with Crippen molar-refractivity contribution in [2.75, 3.05) is 18.4 Å². The van der Waals surface area contributed by atoms with E-state index in [-0.39, 0.29) is 17.6 Å². The summed E-state index contributed by atoms with van der Waals surface area (Å²) in [4.78, 5) is 23.3. The molecule has 1 aliphatic heterocycles. The fraction of sp³-hybridized carbons (Fsp3) is 0.227. The number of hydrogen-bond donors (Lipinski definition) is 1. The average Bonchev–Trinajstić information content (AvgIpc) is 2.75. The predicted octanol–water partition coefficient (Wildman–Crippen LogP) is 4.52. The van der Waals surface area contributed by atoms with Crippen LogP contribution in [-0.4, -0.2) is 33.9 Å². The highest BCUT2D eigenvalue weighted by molar-refractivity contribution is 5.94. The van der Waals surface area contributed by atoms with Gasteiger partial charge in [0, 0.05) is 36.5 Å². The second-order valence-corrected chi connectivity index (χ2v) is 7.04. The number of benzene rings is 2. The fourth-order valence-electron chi connectivity index (χ4n) is 3.53. The molecule has 0 radical (unpaired) electrons. The molecule has 0 saturated carbocycles. The van der Waals surface area contributed by atoms with Crippen molar-refractivity contribution in [3.63, 3.8) is 0 Å². The maximum absolute atomic E-state index is 13.5. The fourth-order valence-corrected chi connectivity index (χ4v) is 3.53. The number of carbonyl (C=O) groups is 1. The first-order valence-electron chi connectivity index (χ1n) is 9.49. The molecule has 0 spiro atoms. The van der Waals surface area contributed by atoms with Gasteiger partial charge in [0.1, 0.15) is 11.6 Å². The Labute approximate surface area is 167 Å². The summed E-state index contributed by atoms with van der Waals surface area (Å²) in [5, 5.41) is 3.07. The van der Waals surface area contributed by atoms with Crippen molar-refractivity contribution in [1.82, 2.24) is 14.9 Å². The average molecular weight is 394 g/mol. The molecule has 3 aromatic rings. The van der Waals surface area contributed by atoms with Gasteiger partial charge in [-0.2, -0.15) is 0 Å². The molecule has 1 aliphatic rings. The third kappa shape index (κ3) is 4.56. The number of hydrogen-bond acceptors (Lipinski definition) is 4. The van der Waals surface area contributed by atoms with E-state index in [2.05, 4.69) is 15.3 Å². The number of nitrogens with zero attached hydrogens (tertiary/aromatic N) is 3. The number of amides is 1. The molecular formula is C22H20F2N4O. The quantitative estimate of drug-likeness (QED) is 0.707. The highest BCUT2D eigenvalue weighted by atomic mass is 19.1. The number of aromatic nitrogens is 2. The van der Waals surface area contributed by atoms with E-state index in [4.69, 9.17) is 0 Å². The largest absolute Gasteiger partial charge is 0.338 e. The molecular weight excluding hydrogens is 374 g/mol. The number of anilines is 2. The Morgan fingerprint density at radius 1 is 1.07 bits per heavy atom. The molecule has 1 aromatic heterocycles. The Morgan fingerprint density at radius 2 is 1.90 bits per heavy atom. The van der Waals surface area contributed by atoms with Gasteiger partial charge in [-0.15, -0.1) is 0 Å². The van der Waals surface area contributed by atoms with E-state index < -0.39 is 5.82 Å². The molecule has 2 heterocycles. The van der Waals surface area contributed by atoms with Crippen molar-refractivity contribution >= 4 is 17.5 Å². The first-order chi connectivity index (χ1) is 14.1. The molecule has 5 nitrogen and oxygen atoms in total. The Kier molecular flexibility index (Phi) is 5.46. The number of nitrogens with one attached hydrogen (secondary N) is 1. The smallest absolute Gasteiger partial charge is 0.253 e. The van der Waals surface area contributed by atoms with Crippen LogP contribution in [0.1, 0.15) is 34.8 Å². The van der Waals surface area contributed by atoms with Crippen molar-refractivity contribution in [2.24, 2.45) is 0 Å². The van der Waals surface area contributed by atoms with Gasteiger partial charge in [-0.25, -0.2) is 18.7 Å². The van der Waals surface area contributed by atoms with Crippen LogP contribution in [0.5, 0.6) is 0 Å². The van der Waals surface area contributed by atoms with Crippen LogP contribution in [0.3, 0.4) is 0 Å². The van der Waals surface area contributed by atoms with Crippen LogP contribution in [-0.2, 0) is 0 Å². The third-order valence-electron chi connectivity index (χ3n) is 4.98. The zero-order valence-electron chi connectivity index (χ0n) is 15.7. The molecule has 148 valence electrons. The summed E-state index contributed by atoms with van der Waals surface area (Å²) >= 11 is 0. The van der Waals surface area contributed by atoms with Crippen LogP contribution < -0.4 is 5.32 Å². The second-order valence-electron chi connectivity index (χ2n) is 7.04. The van der Waals surface area contributed by atoms with Gasteiger partial charge >= 0.3 is 0 Å². The van der Waals surface area contributed by atoms with E-state index in [1.165, 1.54) is 24.3 Å². The summed E-state index contributed by atoms with van der Waals surface area (Å²) in [6, 6.07) is 13.6. The van der Waals surface area contributed by atoms with Gasteiger partial charge in [0.05, 0.1) is 5.69 Å². The van der Waals surface area contributed by atoms with Gasteiger partial charge in [-0.1, -0.05) is 6.07 Å². The first kappa shape index (κ1) is 19.0. The van der Waals surface area contributed by atoms with Crippen molar-refractivity contribution < 1.29 is 13.6 Å².